The molecule has 0 saturated carbocycles. The normalized spacial score (nSPS) is 15.5. The lowest BCUT2D eigenvalue weighted by molar-refractivity contribution is -0.129. The van der Waals surface area contributed by atoms with Crippen LogP contribution < -0.4 is 4.74 Å². The number of hydrogen-bond donors (Lipinski definition) is 0. The third-order valence-corrected chi connectivity index (χ3v) is 3.65. The Labute approximate surface area is 135 Å². The number of carbonyl (C=O) groups is 1. The van der Waals surface area contributed by atoms with E-state index in [1.54, 1.807) is 19.3 Å². The van der Waals surface area contributed by atoms with E-state index in [2.05, 4.69) is 11.9 Å². The summed E-state index contributed by atoms with van der Waals surface area (Å²) in [6.45, 7) is 2.10. The molecule has 3 rings (SSSR count). The molecule has 0 saturated heterocycles. The van der Waals surface area contributed by atoms with Crippen molar-refractivity contribution in [3.8, 4) is 5.75 Å². The van der Waals surface area contributed by atoms with Crippen molar-refractivity contribution < 1.29 is 14.3 Å². The molecule has 0 atom stereocenters. The molecule has 0 radical (unpaired) electrons. The Balaban J connectivity index is 1.93. The molecule has 2 aromatic carbocycles. The Morgan fingerprint density at radius 3 is 2.57 bits per heavy atom. The number of esters is 1. The van der Waals surface area contributed by atoms with Crippen LogP contribution in [0, 0.1) is 0 Å². The van der Waals surface area contributed by atoms with Gasteiger partial charge in [-0.1, -0.05) is 43.3 Å². The van der Waals surface area contributed by atoms with Gasteiger partial charge in [-0.25, -0.2) is 9.79 Å². The molecule has 1 aliphatic rings. The highest BCUT2D eigenvalue weighted by atomic mass is 16.6. The maximum atomic E-state index is 12.0. The molecule has 0 fully saturated rings. The van der Waals surface area contributed by atoms with Crippen molar-refractivity contribution in [2.24, 2.45) is 4.99 Å². The Morgan fingerprint density at radius 1 is 1.13 bits per heavy atom. The lowest BCUT2D eigenvalue weighted by atomic mass is 10.1. The molecule has 4 heteroatoms. The van der Waals surface area contributed by atoms with Gasteiger partial charge >= 0.3 is 5.97 Å². The van der Waals surface area contributed by atoms with Gasteiger partial charge in [-0.2, -0.15) is 0 Å². The fraction of sp³-hybridized carbons (Fsp3) is 0.158. The Kier molecular flexibility index (Phi) is 4.24. The predicted molar refractivity (Wildman–Crippen MR) is 89.4 cm³/mol. The second-order valence-corrected chi connectivity index (χ2v) is 5.13. The van der Waals surface area contributed by atoms with E-state index in [4.69, 9.17) is 9.47 Å². The lowest BCUT2D eigenvalue weighted by Crippen LogP contribution is -2.06. The van der Waals surface area contributed by atoms with Crippen LogP contribution in [0.2, 0.25) is 0 Å². The van der Waals surface area contributed by atoms with E-state index >= 15 is 0 Å². The van der Waals surface area contributed by atoms with Crippen LogP contribution in [0.3, 0.4) is 0 Å². The summed E-state index contributed by atoms with van der Waals surface area (Å²) >= 11 is 0. The molecule has 0 aromatic heterocycles. The van der Waals surface area contributed by atoms with E-state index in [0.29, 0.717) is 11.3 Å². The summed E-state index contributed by atoms with van der Waals surface area (Å²) in [5.41, 5.74) is 3.11. The molecule has 1 heterocycles. The molecule has 0 spiro atoms. The van der Waals surface area contributed by atoms with Gasteiger partial charge in [-0.3, -0.25) is 0 Å². The van der Waals surface area contributed by atoms with Crippen LogP contribution in [-0.4, -0.2) is 19.0 Å². The number of hydrogen-bond acceptors (Lipinski definition) is 4. The van der Waals surface area contributed by atoms with Gasteiger partial charge in [-0.05, 0) is 35.8 Å². The molecule has 2 aromatic rings. The van der Waals surface area contributed by atoms with E-state index < -0.39 is 5.97 Å². The second kappa shape index (κ2) is 6.48. The van der Waals surface area contributed by atoms with Crippen molar-refractivity contribution in [3.05, 3.63) is 70.9 Å². The van der Waals surface area contributed by atoms with Crippen LogP contribution in [0.25, 0.3) is 6.08 Å². The molecule has 0 N–H and O–H groups in total. The predicted octanol–water partition coefficient (Wildman–Crippen LogP) is 3.60. The van der Waals surface area contributed by atoms with Crippen molar-refractivity contribution in [1.29, 1.82) is 0 Å². The van der Waals surface area contributed by atoms with Crippen molar-refractivity contribution >= 4 is 17.9 Å². The fourth-order valence-corrected chi connectivity index (χ4v) is 2.35. The maximum absolute atomic E-state index is 12.0. The van der Waals surface area contributed by atoms with Gasteiger partial charge in [-0.15, -0.1) is 0 Å². The van der Waals surface area contributed by atoms with E-state index in [1.165, 1.54) is 5.56 Å². The molecule has 23 heavy (non-hydrogen) atoms. The first-order valence-electron chi connectivity index (χ1n) is 7.46. The molecular weight excluding hydrogens is 290 g/mol. The highest BCUT2D eigenvalue weighted by molar-refractivity contribution is 6.13. The van der Waals surface area contributed by atoms with E-state index in [1.807, 2.05) is 42.5 Å². The molecule has 0 unspecified atom stereocenters. The highest BCUT2D eigenvalue weighted by Gasteiger charge is 2.25. The smallest absolute Gasteiger partial charge is 0.363 e. The summed E-state index contributed by atoms with van der Waals surface area (Å²) in [7, 11) is 1.57. The molecule has 4 nitrogen and oxygen atoms in total. The standard InChI is InChI=1S/C19H17NO3/c1-3-13-8-10-14(11-9-13)12-16-19(21)23-18(20-16)15-6-4-5-7-17(15)22-2/h4-12H,3H2,1-2H3/b16-12-. The van der Waals surface area contributed by atoms with Gasteiger partial charge in [0, 0.05) is 0 Å². The number of aliphatic imine (C=N–C) groups is 1. The molecule has 0 amide bonds. The number of methoxy groups -OCH3 is 1. The number of ether oxygens (including phenoxy) is 2. The number of benzene rings is 2. The zero-order chi connectivity index (χ0) is 16.2. The lowest BCUT2D eigenvalue weighted by Gasteiger charge is -2.05. The average molecular weight is 307 g/mol. The molecule has 116 valence electrons. The number of carbonyl (C=O) groups excluding carboxylic acids is 1. The highest BCUT2D eigenvalue weighted by Crippen LogP contribution is 2.25. The topological polar surface area (TPSA) is 47.9 Å². The van der Waals surface area contributed by atoms with Gasteiger partial charge in [0.15, 0.2) is 5.70 Å². The monoisotopic (exact) mass is 307 g/mol. The summed E-state index contributed by atoms with van der Waals surface area (Å²) in [5.74, 6) is 0.432. The van der Waals surface area contributed by atoms with Gasteiger partial charge in [0.2, 0.25) is 5.90 Å². The average Bonchev–Trinajstić information content (AvgIpc) is 2.96. The van der Waals surface area contributed by atoms with Gasteiger partial charge in [0.25, 0.3) is 0 Å². The number of cyclic esters (lactones) is 1. The van der Waals surface area contributed by atoms with Crippen LogP contribution in [0.1, 0.15) is 23.6 Å². The molecule has 0 aliphatic carbocycles. The summed E-state index contributed by atoms with van der Waals surface area (Å²) in [5, 5.41) is 0. The van der Waals surface area contributed by atoms with Crippen molar-refractivity contribution in [2.75, 3.05) is 7.11 Å². The summed E-state index contributed by atoms with van der Waals surface area (Å²) in [6.07, 6.45) is 2.71. The third kappa shape index (κ3) is 3.16. The minimum Gasteiger partial charge on any atom is -0.496 e. The number of rotatable bonds is 4. The maximum Gasteiger partial charge on any atom is 0.363 e. The van der Waals surface area contributed by atoms with E-state index in [-0.39, 0.29) is 11.6 Å². The first-order valence-corrected chi connectivity index (χ1v) is 7.46. The number of nitrogens with zero attached hydrogens (tertiary/aromatic N) is 1. The van der Waals surface area contributed by atoms with Crippen LogP contribution in [0.4, 0.5) is 0 Å². The largest absolute Gasteiger partial charge is 0.496 e. The minimum atomic E-state index is -0.453. The Bertz CT molecular complexity index is 789. The van der Waals surface area contributed by atoms with Gasteiger partial charge in [0.05, 0.1) is 12.7 Å². The molecular formula is C19H17NO3. The quantitative estimate of drug-likeness (QED) is 0.640. The van der Waals surface area contributed by atoms with Crippen molar-refractivity contribution in [2.45, 2.75) is 13.3 Å². The second-order valence-electron chi connectivity index (χ2n) is 5.13. The first kappa shape index (κ1) is 15.0. The van der Waals surface area contributed by atoms with E-state index in [9.17, 15) is 4.79 Å². The zero-order valence-corrected chi connectivity index (χ0v) is 13.1. The van der Waals surface area contributed by atoms with Crippen LogP contribution >= 0.6 is 0 Å². The summed E-state index contributed by atoms with van der Waals surface area (Å²) < 4.78 is 10.6. The van der Waals surface area contributed by atoms with Crippen LogP contribution in [0.15, 0.2) is 59.2 Å². The third-order valence-electron chi connectivity index (χ3n) is 3.65. The van der Waals surface area contributed by atoms with Crippen LogP contribution in [-0.2, 0) is 16.0 Å². The molecule has 0 bridgehead atoms. The van der Waals surface area contributed by atoms with Crippen LogP contribution in [0.5, 0.6) is 5.75 Å². The fourth-order valence-electron chi connectivity index (χ4n) is 2.35. The minimum absolute atomic E-state index is 0.267. The Hall–Kier alpha value is -2.88. The Morgan fingerprint density at radius 2 is 1.87 bits per heavy atom. The van der Waals surface area contributed by atoms with E-state index in [0.717, 1.165) is 12.0 Å². The van der Waals surface area contributed by atoms with Gasteiger partial charge in [0.1, 0.15) is 5.75 Å². The molecule has 1 aliphatic heterocycles. The SMILES string of the molecule is CCc1ccc(/C=C2\N=C(c3ccccc3OC)OC2=O)cc1. The summed E-state index contributed by atoms with van der Waals surface area (Å²) in [6, 6.07) is 15.3. The van der Waals surface area contributed by atoms with Crippen molar-refractivity contribution in [1.82, 2.24) is 0 Å². The zero-order valence-electron chi connectivity index (χ0n) is 13.1. The van der Waals surface area contributed by atoms with Gasteiger partial charge < -0.3 is 9.47 Å². The summed E-state index contributed by atoms with van der Waals surface area (Å²) in [4.78, 5) is 16.4. The number of aryl methyl sites for hydroxylation is 1. The first-order chi connectivity index (χ1) is 11.2. The van der Waals surface area contributed by atoms with Crippen molar-refractivity contribution in [3.63, 3.8) is 0 Å². The number of para-hydroxylation sites is 1.